The average Bonchev–Trinajstić information content (AvgIpc) is 3.11. The summed E-state index contributed by atoms with van der Waals surface area (Å²) in [5, 5.41) is 3.38. The molecule has 0 spiro atoms. The molecule has 0 unspecified atom stereocenters. The second kappa shape index (κ2) is 6.14. The van der Waals surface area contributed by atoms with Gasteiger partial charge in [-0.15, -0.1) is 0 Å². The smallest absolute Gasteiger partial charge is 0.310 e. The van der Waals surface area contributed by atoms with Gasteiger partial charge in [0.25, 0.3) is 0 Å². The summed E-state index contributed by atoms with van der Waals surface area (Å²) < 4.78 is 25.0. The summed E-state index contributed by atoms with van der Waals surface area (Å²) in [6.07, 6.45) is 3.29. The lowest BCUT2D eigenvalue weighted by Gasteiger charge is -2.28. The predicted molar refractivity (Wildman–Crippen MR) is 98.3 cm³/mol. The van der Waals surface area contributed by atoms with Gasteiger partial charge < -0.3 is 14.8 Å². The molecule has 6 atom stereocenters. The van der Waals surface area contributed by atoms with Crippen molar-refractivity contribution in [3.63, 3.8) is 0 Å². The number of rotatable bonds is 4. The molecule has 0 bridgehead atoms. The Balaban J connectivity index is 1.30. The first-order valence-electron chi connectivity index (χ1n) is 9.99. The Hall–Kier alpha value is -1.72. The minimum atomic E-state index is -0.233. The number of carbonyl (C=O) groups is 1. The standard InChI is InChI=1S/C22H26FNO3/c1-12-3-8-15-17(11-24-10-13-4-6-14(23)7-5-13)21(25)26-20(15)19-16(12)9-18-22(19,2)27-18/h4-7,15,17-20,24H,3,8-11H2,1-2H3/t15-,17-,18+,19-,20-,22+/m0/s1. The Morgan fingerprint density at radius 1 is 1.30 bits per heavy atom. The summed E-state index contributed by atoms with van der Waals surface area (Å²) in [6.45, 7) is 5.63. The van der Waals surface area contributed by atoms with E-state index in [1.165, 1.54) is 23.3 Å². The van der Waals surface area contributed by atoms with E-state index in [4.69, 9.17) is 9.47 Å². The maximum atomic E-state index is 13.0. The SMILES string of the molecule is CC1=C2C[C@H]3O[C@@]3(C)[C@@H]2[C@H]2OC(=O)[C@@H](CNCc3ccc(F)cc3)[C@@H]2CC1. The fraction of sp³-hybridized carbons (Fsp3) is 0.591. The van der Waals surface area contributed by atoms with Crippen molar-refractivity contribution in [3.8, 4) is 0 Å². The average molecular weight is 371 g/mol. The van der Waals surface area contributed by atoms with Crippen LogP contribution in [0, 0.1) is 23.6 Å². The fourth-order valence-corrected chi connectivity index (χ4v) is 5.57. The fourth-order valence-electron chi connectivity index (χ4n) is 5.57. The van der Waals surface area contributed by atoms with Crippen molar-refractivity contribution in [3.05, 3.63) is 46.8 Å². The van der Waals surface area contributed by atoms with Gasteiger partial charge in [-0.3, -0.25) is 4.79 Å². The molecule has 0 aromatic heterocycles. The third kappa shape index (κ3) is 2.74. The van der Waals surface area contributed by atoms with Gasteiger partial charge in [-0.1, -0.05) is 23.3 Å². The van der Waals surface area contributed by atoms with Crippen molar-refractivity contribution in [2.45, 2.75) is 57.5 Å². The Kier molecular flexibility index (Phi) is 3.96. The van der Waals surface area contributed by atoms with Crippen molar-refractivity contribution in [2.24, 2.45) is 17.8 Å². The van der Waals surface area contributed by atoms with Crippen LogP contribution in [0.2, 0.25) is 0 Å². The maximum absolute atomic E-state index is 13.0. The first kappa shape index (κ1) is 17.4. The second-order valence-corrected chi connectivity index (χ2v) is 8.75. The lowest BCUT2D eigenvalue weighted by atomic mass is 9.78. The molecule has 144 valence electrons. The lowest BCUT2D eigenvalue weighted by Crippen LogP contribution is -2.37. The minimum Gasteiger partial charge on any atom is -0.461 e. The number of hydrogen-bond donors (Lipinski definition) is 1. The molecule has 2 heterocycles. The van der Waals surface area contributed by atoms with E-state index < -0.39 is 0 Å². The highest BCUT2D eigenvalue weighted by Gasteiger charge is 2.69. The van der Waals surface area contributed by atoms with Crippen LogP contribution in [0.4, 0.5) is 4.39 Å². The van der Waals surface area contributed by atoms with Crippen LogP contribution in [0.3, 0.4) is 0 Å². The molecule has 4 aliphatic rings. The quantitative estimate of drug-likeness (QED) is 0.501. The second-order valence-electron chi connectivity index (χ2n) is 8.75. The maximum Gasteiger partial charge on any atom is 0.310 e. The summed E-state index contributed by atoms with van der Waals surface area (Å²) in [7, 11) is 0. The molecule has 27 heavy (non-hydrogen) atoms. The molecule has 5 rings (SSSR count). The lowest BCUT2D eigenvalue weighted by molar-refractivity contribution is -0.146. The largest absolute Gasteiger partial charge is 0.461 e. The predicted octanol–water partition coefficient (Wildman–Crippen LogP) is 3.36. The van der Waals surface area contributed by atoms with E-state index in [1.54, 1.807) is 12.1 Å². The highest BCUT2D eigenvalue weighted by molar-refractivity contribution is 5.76. The van der Waals surface area contributed by atoms with Crippen molar-refractivity contribution < 1.29 is 18.7 Å². The van der Waals surface area contributed by atoms with E-state index in [0.29, 0.717) is 19.2 Å². The zero-order valence-corrected chi connectivity index (χ0v) is 15.8. The molecule has 2 saturated heterocycles. The number of allylic oxidation sites excluding steroid dienone is 1. The van der Waals surface area contributed by atoms with E-state index in [1.807, 2.05) is 0 Å². The third-order valence-electron chi connectivity index (χ3n) is 7.21. The van der Waals surface area contributed by atoms with Gasteiger partial charge in [-0.2, -0.15) is 0 Å². The number of ether oxygens (including phenoxy) is 2. The van der Waals surface area contributed by atoms with Gasteiger partial charge in [-0.05, 0) is 50.8 Å². The summed E-state index contributed by atoms with van der Waals surface area (Å²) in [6, 6.07) is 6.47. The number of hydrogen-bond acceptors (Lipinski definition) is 4. The Morgan fingerprint density at radius 3 is 2.85 bits per heavy atom. The number of halogens is 1. The van der Waals surface area contributed by atoms with E-state index in [2.05, 4.69) is 19.2 Å². The van der Waals surface area contributed by atoms with E-state index in [0.717, 1.165) is 24.8 Å². The topological polar surface area (TPSA) is 50.9 Å². The zero-order chi connectivity index (χ0) is 18.8. The molecule has 0 amide bonds. The van der Waals surface area contributed by atoms with Crippen molar-refractivity contribution >= 4 is 5.97 Å². The molecule has 3 fully saturated rings. The normalized spacial score (nSPS) is 39.5. The highest BCUT2D eigenvalue weighted by Crippen LogP contribution is 2.62. The Morgan fingerprint density at radius 2 is 2.07 bits per heavy atom. The molecule has 1 saturated carbocycles. The van der Waals surface area contributed by atoms with Gasteiger partial charge in [0.05, 0.1) is 12.0 Å². The monoisotopic (exact) mass is 371 g/mol. The van der Waals surface area contributed by atoms with Gasteiger partial charge in [0.1, 0.15) is 17.5 Å². The third-order valence-corrected chi connectivity index (χ3v) is 7.21. The van der Waals surface area contributed by atoms with Crippen LogP contribution in [0.5, 0.6) is 0 Å². The van der Waals surface area contributed by atoms with E-state index >= 15 is 0 Å². The molecule has 0 radical (unpaired) electrons. The van der Waals surface area contributed by atoms with Crippen molar-refractivity contribution in [1.29, 1.82) is 0 Å². The van der Waals surface area contributed by atoms with Gasteiger partial charge in [-0.25, -0.2) is 4.39 Å². The summed E-state index contributed by atoms with van der Waals surface area (Å²) in [4.78, 5) is 12.7. The number of esters is 1. The first-order valence-corrected chi connectivity index (χ1v) is 9.99. The highest BCUT2D eigenvalue weighted by atomic mass is 19.1. The van der Waals surface area contributed by atoms with Gasteiger partial charge in [0.2, 0.25) is 0 Å². The van der Waals surface area contributed by atoms with Crippen LogP contribution >= 0.6 is 0 Å². The number of benzene rings is 1. The molecule has 2 aliphatic carbocycles. The number of carbonyl (C=O) groups excluding carboxylic acids is 1. The van der Waals surface area contributed by atoms with E-state index in [9.17, 15) is 9.18 Å². The Labute approximate surface area is 159 Å². The van der Waals surface area contributed by atoms with Gasteiger partial charge in [0.15, 0.2) is 0 Å². The van der Waals surface area contributed by atoms with Gasteiger partial charge >= 0.3 is 5.97 Å². The molecule has 2 aliphatic heterocycles. The first-order chi connectivity index (χ1) is 13.0. The van der Waals surface area contributed by atoms with Crippen LogP contribution in [0.25, 0.3) is 0 Å². The zero-order valence-electron chi connectivity index (χ0n) is 15.8. The molecule has 5 heteroatoms. The molecule has 1 N–H and O–H groups in total. The Bertz CT molecular complexity index is 804. The number of nitrogens with one attached hydrogen (secondary N) is 1. The van der Waals surface area contributed by atoms with Crippen LogP contribution < -0.4 is 5.32 Å². The molecular formula is C22H26FNO3. The van der Waals surface area contributed by atoms with Crippen molar-refractivity contribution in [1.82, 2.24) is 5.32 Å². The summed E-state index contributed by atoms with van der Waals surface area (Å²) in [5.41, 5.74) is 3.83. The van der Waals surface area contributed by atoms with Crippen LogP contribution in [0.1, 0.15) is 38.7 Å². The molecular weight excluding hydrogens is 345 g/mol. The number of fused-ring (bicyclic) bond motifs is 5. The van der Waals surface area contributed by atoms with Crippen LogP contribution in [-0.4, -0.2) is 30.3 Å². The molecule has 4 nitrogen and oxygen atoms in total. The van der Waals surface area contributed by atoms with Crippen LogP contribution in [0.15, 0.2) is 35.4 Å². The molecule has 1 aromatic carbocycles. The van der Waals surface area contributed by atoms with E-state index in [-0.39, 0.29) is 41.2 Å². The van der Waals surface area contributed by atoms with Crippen LogP contribution in [-0.2, 0) is 20.8 Å². The number of epoxide rings is 1. The summed E-state index contributed by atoms with van der Waals surface area (Å²) in [5.74, 6) is 0.0208. The summed E-state index contributed by atoms with van der Waals surface area (Å²) >= 11 is 0. The van der Waals surface area contributed by atoms with Gasteiger partial charge in [0, 0.05) is 24.9 Å². The van der Waals surface area contributed by atoms with Crippen molar-refractivity contribution in [2.75, 3.05) is 6.54 Å². The minimum absolute atomic E-state index is 0.0555. The molecule has 1 aromatic rings.